The molecule has 3 heteroatoms. The molecule has 0 heterocycles. The maximum Gasteiger partial charge on any atom is 0.0994 e. The zero-order valence-electron chi connectivity index (χ0n) is 10.8. The van der Waals surface area contributed by atoms with Crippen molar-refractivity contribution in [2.45, 2.75) is 37.8 Å². The molecule has 1 aliphatic rings. The second-order valence-corrected chi connectivity index (χ2v) is 5.25. The molecule has 1 unspecified atom stereocenters. The van der Waals surface area contributed by atoms with Crippen molar-refractivity contribution in [2.75, 3.05) is 13.1 Å². The second kappa shape index (κ2) is 5.51. The van der Waals surface area contributed by atoms with E-state index in [-0.39, 0.29) is 0 Å². The molecule has 0 aromatic heterocycles. The monoisotopic (exact) mass is 244 g/mol. The minimum atomic E-state index is -0.848. The highest BCUT2D eigenvalue weighted by Crippen LogP contribution is 2.31. The first-order valence-electron chi connectivity index (χ1n) is 6.52. The quantitative estimate of drug-likeness (QED) is 0.835. The smallest absolute Gasteiger partial charge is 0.0994 e. The van der Waals surface area contributed by atoms with Gasteiger partial charge in [0, 0.05) is 25.6 Å². The molecule has 18 heavy (non-hydrogen) atoms. The summed E-state index contributed by atoms with van der Waals surface area (Å²) in [7, 11) is 0. The van der Waals surface area contributed by atoms with E-state index in [0.29, 0.717) is 19.0 Å². The van der Waals surface area contributed by atoms with Gasteiger partial charge in [-0.3, -0.25) is 4.90 Å². The van der Waals surface area contributed by atoms with Crippen molar-refractivity contribution in [2.24, 2.45) is 0 Å². The van der Waals surface area contributed by atoms with E-state index in [1.807, 2.05) is 37.3 Å². The molecule has 0 aliphatic heterocycles. The molecule has 0 saturated heterocycles. The van der Waals surface area contributed by atoms with Gasteiger partial charge in [-0.15, -0.1) is 0 Å². The average Bonchev–Trinajstić information content (AvgIpc) is 3.20. The fourth-order valence-corrected chi connectivity index (χ4v) is 2.31. The van der Waals surface area contributed by atoms with Crippen LogP contribution >= 0.6 is 0 Å². The van der Waals surface area contributed by atoms with E-state index >= 15 is 0 Å². The molecular formula is C15H20N2O. The van der Waals surface area contributed by atoms with Crippen LogP contribution < -0.4 is 0 Å². The van der Waals surface area contributed by atoms with Crippen LogP contribution in [0.4, 0.5) is 0 Å². The Kier molecular flexibility index (Phi) is 4.00. The SMILES string of the molecule is CC(O)(CN(CCC#N)C1CC1)c1ccccc1. The number of benzene rings is 1. The maximum atomic E-state index is 10.6. The summed E-state index contributed by atoms with van der Waals surface area (Å²) >= 11 is 0. The number of nitrogens with zero attached hydrogens (tertiary/aromatic N) is 2. The summed E-state index contributed by atoms with van der Waals surface area (Å²) in [5.74, 6) is 0. The van der Waals surface area contributed by atoms with Crippen molar-refractivity contribution < 1.29 is 5.11 Å². The average molecular weight is 244 g/mol. The standard InChI is InChI=1S/C15H20N2O/c1-15(18,13-6-3-2-4-7-13)12-17(11-5-10-16)14-8-9-14/h2-4,6-7,14,18H,5,8-9,11-12H2,1H3. The first-order chi connectivity index (χ1) is 8.63. The van der Waals surface area contributed by atoms with E-state index in [1.165, 1.54) is 12.8 Å². The van der Waals surface area contributed by atoms with Crippen molar-refractivity contribution in [1.82, 2.24) is 4.90 Å². The van der Waals surface area contributed by atoms with Crippen LogP contribution in [-0.4, -0.2) is 29.1 Å². The highest BCUT2D eigenvalue weighted by atomic mass is 16.3. The predicted molar refractivity (Wildman–Crippen MR) is 70.8 cm³/mol. The summed E-state index contributed by atoms with van der Waals surface area (Å²) in [6.07, 6.45) is 2.91. The predicted octanol–water partition coefficient (Wildman–Crippen LogP) is 2.27. The zero-order valence-corrected chi connectivity index (χ0v) is 10.8. The molecule has 1 N–H and O–H groups in total. The van der Waals surface area contributed by atoms with Gasteiger partial charge in [-0.2, -0.15) is 5.26 Å². The van der Waals surface area contributed by atoms with Crippen LogP contribution in [0.1, 0.15) is 31.7 Å². The summed E-state index contributed by atoms with van der Waals surface area (Å²) in [5.41, 5.74) is 0.0897. The lowest BCUT2D eigenvalue weighted by Gasteiger charge is -2.31. The summed E-state index contributed by atoms with van der Waals surface area (Å²) in [5, 5.41) is 19.3. The van der Waals surface area contributed by atoms with E-state index < -0.39 is 5.60 Å². The van der Waals surface area contributed by atoms with Crippen LogP contribution in [0.5, 0.6) is 0 Å². The lowest BCUT2D eigenvalue weighted by atomic mass is 9.95. The largest absolute Gasteiger partial charge is 0.384 e. The molecule has 0 bridgehead atoms. The Bertz CT molecular complexity index is 418. The highest BCUT2D eigenvalue weighted by Gasteiger charge is 2.34. The fraction of sp³-hybridized carbons (Fsp3) is 0.533. The number of hydrogen-bond donors (Lipinski definition) is 1. The third kappa shape index (κ3) is 3.32. The molecule has 1 aliphatic carbocycles. The molecule has 3 nitrogen and oxygen atoms in total. The fourth-order valence-electron chi connectivity index (χ4n) is 2.31. The molecule has 1 atom stereocenters. The Morgan fingerprint density at radius 2 is 2.06 bits per heavy atom. The Labute approximate surface area is 109 Å². The van der Waals surface area contributed by atoms with E-state index in [9.17, 15) is 5.11 Å². The molecule has 1 aromatic rings. The Hall–Kier alpha value is -1.37. The summed E-state index contributed by atoms with van der Waals surface area (Å²) in [4.78, 5) is 2.25. The van der Waals surface area contributed by atoms with E-state index in [1.54, 1.807) is 0 Å². The molecule has 0 amide bonds. The highest BCUT2D eigenvalue weighted by molar-refractivity contribution is 5.22. The van der Waals surface area contributed by atoms with Crippen molar-refractivity contribution >= 4 is 0 Å². The second-order valence-electron chi connectivity index (χ2n) is 5.25. The normalized spacial score (nSPS) is 18.3. The topological polar surface area (TPSA) is 47.3 Å². The van der Waals surface area contributed by atoms with Gasteiger partial charge in [0.15, 0.2) is 0 Å². The zero-order chi connectivity index (χ0) is 13.0. The maximum absolute atomic E-state index is 10.6. The van der Waals surface area contributed by atoms with Gasteiger partial charge in [0.25, 0.3) is 0 Å². The number of aliphatic hydroxyl groups is 1. The summed E-state index contributed by atoms with van der Waals surface area (Å²) in [6, 6.07) is 12.5. The molecular weight excluding hydrogens is 224 g/mol. The Morgan fingerprint density at radius 1 is 1.39 bits per heavy atom. The van der Waals surface area contributed by atoms with Gasteiger partial charge < -0.3 is 5.11 Å². The Morgan fingerprint density at radius 3 is 2.61 bits per heavy atom. The molecule has 1 saturated carbocycles. The number of hydrogen-bond acceptors (Lipinski definition) is 3. The van der Waals surface area contributed by atoms with Crippen LogP contribution in [0.3, 0.4) is 0 Å². The minimum absolute atomic E-state index is 0.529. The van der Waals surface area contributed by atoms with Crippen LogP contribution in [0.2, 0.25) is 0 Å². The summed E-state index contributed by atoms with van der Waals surface area (Å²) < 4.78 is 0. The molecule has 0 spiro atoms. The Balaban J connectivity index is 2.03. The number of nitriles is 1. The van der Waals surface area contributed by atoms with Crippen molar-refractivity contribution in [3.8, 4) is 6.07 Å². The molecule has 1 fully saturated rings. The van der Waals surface area contributed by atoms with Crippen LogP contribution in [-0.2, 0) is 5.60 Å². The van der Waals surface area contributed by atoms with E-state index in [0.717, 1.165) is 12.1 Å². The minimum Gasteiger partial charge on any atom is -0.384 e. The van der Waals surface area contributed by atoms with Crippen LogP contribution in [0.25, 0.3) is 0 Å². The lowest BCUT2D eigenvalue weighted by Crippen LogP contribution is -2.40. The van der Waals surface area contributed by atoms with Crippen molar-refractivity contribution in [3.63, 3.8) is 0 Å². The van der Waals surface area contributed by atoms with Gasteiger partial charge in [0.2, 0.25) is 0 Å². The molecule has 0 radical (unpaired) electrons. The first kappa shape index (κ1) is 13.1. The van der Waals surface area contributed by atoms with E-state index in [2.05, 4.69) is 11.0 Å². The lowest BCUT2D eigenvalue weighted by molar-refractivity contribution is 0.0137. The van der Waals surface area contributed by atoms with Gasteiger partial charge >= 0.3 is 0 Å². The van der Waals surface area contributed by atoms with E-state index in [4.69, 9.17) is 5.26 Å². The molecule has 96 valence electrons. The summed E-state index contributed by atoms with van der Waals surface area (Å²) in [6.45, 7) is 3.21. The van der Waals surface area contributed by atoms with Gasteiger partial charge in [0.1, 0.15) is 0 Å². The van der Waals surface area contributed by atoms with Crippen LogP contribution in [0, 0.1) is 11.3 Å². The van der Waals surface area contributed by atoms with Gasteiger partial charge in [-0.25, -0.2) is 0 Å². The van der Waals surface area contributed by atoms with Gasteiger partial charge in [0.05, 0.1) is 11.7 Å². The van der Waals surface area contributed by atoms with Gasteiger partial charge in [-0.1, -0.05) is 30.3 Å². The van der Waals surface area contributed by atoms with Crippen LogP contribution in [0.15, 0.2) is 30.3 Å². The van der Waals surface area contributed by atoms with Crippen molar-refractivity contribution in [3.05, 3.63) is 35.9 Å². The third-order valence-corrected chi connectivity index (χ3v) is 3.48. The first-order valence-corrected chi connectivity index (χ1v) is 6.52. The van der Waals surface area contributed by atoms with Gasteiger partial charge in [-0.05, 0) is 25.3 Å². The number of rotatable bonds is 6. The third-order valence-electron chi connectivity index (χ3n) is 3.48. The molecule has 2 rings (SSSR count). The molecule has 1 aromatic carbocycles. The van der Waals surface area contributed by atoms with Crippen molar-refractivity contribution in [1.29, 1.82) is 5.26 Å².